The number of hydrogen-bond donors (Lipinski definition) is 2. The molecule has 0 spiro atoms. The van der Waals surface area contributed by atoms with Crippen LogP contribution in [-0.4, -0.2) is 23.5 Å². The summed E-state index contributed by atoms with van der Waals surface area (Å²) in [5.41, 5.74) is 0.890. The molecule has 0 aliphatic rings. The van der Waals surface area contributed by atoms with Crippen LogP contribution in [0.4, 0.5) is 5.82 Å². The first-order valence-corrected chi connectivity index (χ1v) is 7.38. The fraction of sp³-hybridized carbons (Fsp3) is 0.357. The largest absolute Gasteiger partial charge is 0.360 e. The van der Waals surface area contributed by atoms with Crippen LogP contribution in [0.5, 0.6) is 0 Å². The van der Waals surface area contributed by atoms with Crippen LogP contribution < -0.4 is 10.6 Å². The van der Waals surface area contributed by atoms with Gasteiger partial charge >= 0.3 is 11.8 Å². The van der Waals surface area contributed by atoms with Crippen molar-refractivity contribution in [3.8, 4) is 0 Å². The highest BCUT2D eigenvalue weighted by molar-refractivity contribution is 7.08. The third-order valence-electron chi connectivity index (χ3n) is 3.07. The van der Waals surface area contributed by atoms with E-state index in [1.165, 1.54) is 0 Å². The summed E-state index contributed by atoms with van der Waals surface area (Å²) >= 11 is 1.60. The number of nitrogens with zero attached hydrogens (tertiary/aromatic N) is 1. The highest BCUT2D eigenvalue weighted by atomic mass is 32.1. The van der Waals surface area contributed by atoms with Crippen LogP contribution in [0, 0.1) is 6.92 Å². The molecule has 21 heavy (non-hydrogen) atoms. The molecule has 0 aliphatic carbocycles. The Balaban J connectivity index is 1.88. The number of aryl methyl sites for hydroxylation is 1. The van der Waals surface area contributed by atoms with E-state index in [1.54, 1.807) is 24.3 Å². The topological polar surface area (TPSA) is 84.2 Å². The first kappa shape index (κ1) is 15.2. The molecule has 2 rings (SSSR count). The number of nitrogens with one attached hydrogen (secondary N) is 2. The lowest BCUT2D eigenvalue weighted by atomic mass is 9.86. The zero-order chi connectivity index (χ0) is 15.5. The molecule has 2 amide bonds. The second kappa shape index (κ2) is 6.09. The summed E-state index contributed by atoms with van der Waals surface area (Å²) in [5.74, 6) is -0.669. The minimum Gasteiger partial charge on any atom is -0.360 e. The number of anilines is 1. The second-order valence-electron chi connectivity index (χ2n) is 5.36. The summed E-state index contributed by atoms with van der Waals surface area (Å²) in [6.45, 7) is 6.09. The molecular formula is C14H17N3O3S. The Morgan fingerprint density at radius 1 is 1.38 bits per heavy atom. The average molecular weight is 307 g/mol. The normalized spacial score (nSPS) is 11.2. The summed E-state index contributed by atoms with van der Waals surface area (Å²) in [5, 5.41) is 12.6. The van der Waals surface area contributed by atoms with Crippen molar-refractivity contribution >= 4 is 29.0 Å². The number of hydrogen-bond acceptors (Lipinski definition) is 5. The number of carbonyl (C=O) groups excluding carboxylic acids is 2. The molecule has 2 heterocycles. The van der Waals surface area contributed by atoms with Gasteiger partial charge in [-0.2, -0.15) is 11.3 Å². The highest BCUT2D eigenvalue weighted by Crippen LogP contribution is 2.24. The molecule has 2 aromatic heterocycles. The van der Waals surface area contributed by atoms with Gasteiger partial charge in [0, 0.05) is 18.0 Å². The van der Waals surface area contributed by atoms with Crippen molar-refractivity contribution in [3.05, 3.63) is 34.2 Å². The molecule has 0 radical (unpaired) electrons. The van der Waals surface area contributed by atoms with Crippen molar-refractivity contribution in [1.82, 2.24) is 10.5 Å². The van der Waals surface area contributed by atoms with E-state index in [9.17, 15) is 9.59 Å². The Bertz CT molecular complexity index is 632. The summed E-state index contributed by atoms with van der Waals surface area (Å²) in [6, 6.07) is 3.55. The molecule has 2 aromatic rings. The minimum atomic E-state index is -0.760. The van der Waals surface area contributed by atoms with E-state index in [0.29, 0.717) is 12.3 Å². The summed E-state index contributed by atoms with van der Waals surface area (Å²) < 4.78 is 4.81. The van der Waals surface area contributed by atoms with Gasteiger partial charge < -0.3 is 9.84 Å². The molecular weight excluding hydrogens is 290 g/mol. The minimum absolute atomic E-state index is 0.227. The standard InChI is InChI=1S/C14H17N3O3S/c1-9-6-11(17-20-9)16-13(19)12(18)15-8-14(2,3)10-4-5-21-7-10/h4-7H,8H2,1-3H3,(H,15,18)(H,16,17,19). The van der Waals surface area contributed by atoms with E-state index in [4.69, 9.17) is 4.52 Å². The van der Waals surface area contributed by atoms with Crippen molar-refractivity contribution in [2.75, 3.05) is 11.9 Å². The lowest BCUT2D eigenvalue weighted by Crippen LogP contribution is -2.42. The van der Waals surface area contributed by atoms with Gasteiger partial charge in [0.05, 0.1) is 0 Å². The van der Waals surface area contributed by atoms with Gasteiger partial charge in [-0.15, -0.1) is 0 Å². The van der Waals surface area contributed by atoms with Gasteiger partial charge in [0.15, 0.2) is 5.82 Å². The van der Waals surface area contributed by atoms with Crippen LogP contribution in [0.3, 0.4) is 0 Å². The Hall–Kier alpha value is -2.15. The zero-order valence-electron chi connectivity index (χ0n) is 12.1. The average Bonchev–Trinajstić information content (AvgIpc) is 3.08. The lowest BCUT2D eigenvalue weighted by Gasteiger charge is -2.23. The van der Waals surface area contributed by atoms with E-state index in [-0.39, 0.29) is 11.2 Å². The van der Waals surface area contributed by atoms with Crippen LogP contribution in [0.25, 0.3) is 0 Å². The van der Waals surface area contributed by atoms with Gasteiger partial charge in [-0.1, -0.05) is 19.0 Å². The van der Waals surface area contributed by atoms with Crippen LogP contribution >= 0.6 is 11.3 Å². The van der Waals surface area contributed by atoms with Crippen molar-refractivity contribution in [1.29, 1.82) is 0 Å². The van der Waals surface area contributed by atoms with E-state index in [0.717, 1.165) is 5.56 Å². The Morgan fingerprint density at radius 3 is 2.71 bits per heavy atom. The number of carbonyl (C=O) groups is 2. The Morgan fingerprint density at radius 2 is 2.14 bits per heavy atom. The van der Waals surface area contributed by atoms with Crippen LogP contribution in [0.15, 0.2) is 27.4 Å². The molecule has 0 aliphatic heterocycles. The molecule has 0 aromatic carbocycles. The van der Waals surface area contributed by atoms with Gasteiger partial charge in [0.2, 0.25) is 0 Å². The third kappa shape index (κ3) is 3.91. The van der Waals surface area contributed by atoms with E-state index in [2.05, 4.69) is 15.8 Å². The SMILES string of the molecule is Cc1cc(NC(=O)C(=O)NCC(C)(C)c2ccsc2)no1. The molecule has 2 N–H and O–H groups in total. The van der Waals surface area contributed by atoms with E-state index in [1.807, 2.05) is 30.7 Å². The molecule has 0 unspecified atom stereocenters. The Kier molecular flexibility index (Phi) is 4.42. The molecule has 112 valence electrons. The summed E-state index contributed by atoms with van der Waals surface area (Å²) in [6.07, 6.45) is 0. The predicted octanol–water partition coefficient (Wildman–Crippen LogP) is 2.08. The molecule has 0 saturated heterocycles. The van der Waals surface area contributed by atoms with Crippen LogP contribution in [0.1, 0.15) is 25.2 Å². The smallest absolute Gasteiger partial charge is 0.314 e. The maximum absolute atomic E-state index is 11.8. The molecule has 7 heteroatoms. The quantitative estimate of drug-likeness (QED) is 0.847. The number of amides is 2. The maximum Gasteiger partial charge on any atom is 0.314 e. The number of thiophene rings is 1. The molecule has 0 saturated carbocycles. The van der Waals surface area contributed by atoms with Gasteiger partial charge in [0.1, 0.15) is 5.76 Å². The lowest BCUT2D eigenvalue weighted by molar-refractivity contribution is -0.136. The zero-order valence-corrected chi connectivity index (χ0v) is 12.9. The molecule has 0 bridgehead atoms. The number of aromatic nitrogens is 1. The molecule has 6 nitrogen and oxygen atoms in total. The maximum atomic E-state index is 11.8. The molecule has 0 fully saturated rings. The van der Waals surface area contributed by atoms with Crippen molar-refractivity contribution in [2.45, 2.75) is 26.2 Å². The van der Waals surface area contributed by atoms with Crippen LogP contribution in [0.2, 0.25) is 0 Å². The van der Waals surface area contributed by atoms with Gasteiger partial charge in [-0.25, -0.2) is 0 Å². The molecule has 0 atom stereocenters. The van der Waals surface area contributed by atoms with E-state index < -0.39 is 11.8 Å². The summed E-state index contributed by atoms with van der Waals surface area (Å²) in [7, 11) is 0. The fourth-order valence-corrected chi connectivity index (χ4v) is 2.58. The van der Waals surface area contributed by atoms with Crippen molar-refractivity contribution < 1.29 is 14.1 Å². The van der Waals surface area contributed by atoms with Crippen molar-refractivity contribution in [3.63, 3.8) is 0 Å². The predicted molar refractivity (Wildman–Crippen MR) is 80.2 cm³/mol. The first-order chi connectivity index (χ1) is 9.88. The fourth-order valence-electron chi connectivity index (χ4n) is 1.73. The summed E-state index contributed by atoms with van der Waals surface area (Å²) in [4.78, 5) is 23.5. The van der Waals surface area contributed by atoms with Gasteiger partial charge in [-0.05, 0) is 29.3 Å². The number of rotatable bonds is 4. The van der Waals surface area contributed by atoms with Crippen molar-refractivity contribution in [2.24, 2.45) is 0 Å². The van der Waals surface area contributed by atoms with Gasteiger partial charge in [0.25, 0.3) is 0 Å². The first-order valence-electron chi connectivity index (χ1n) is 6.44. The van der Waals surface area contributed by atoms with Gasteiger partial charge in [-0.3, -0.25) is 14.9 Å². The second-order valence-corrected chi connectivity index (χ2v) is 6.14. The van der Waals surface area contributed by atoms with E-state index >= 15 is 0 Å². The monoisotopic (exact) mass is 307 g/mol. The highest BCUT2D eigenvalue weighted by Gasteiger charge is 2.24. The third-order valence-corrected chi connectivity index (χ3v) is 3.75. The Labute approximate surface area is 126 Å². The van der Waals surface area contributed by atoms with Crippen LogP contribution in [-0.2, 0) is 15.0 Å².